The van der Waals surface area contributed by atoms with E-state index in [9.17, 15) is 4.79 Å². The fourth-order valence-corrected chi connectivity index (χ4v) is 1.28. The Kier molecular flexibility index (Phi) is 4.32. The molecular formula is C10H10BrNO2. The highest BCUT2D eigenvalue weighted by Gasteiger charge is 1.94. The van der Waals surface area contributed by atoms with E-state index in [2.05, 4.69) is 25.7 Å². The summed E-state index contributed by atoms with van der Waals surface area (Å²) in [7, 11) is 1.37. The van der Waals surface area contributed by atoms with E-state index in [0.29, 0.717) is 0 Å². The molecule has 0 aliphatic carbocycles. The molecule has 0 saturated carbocycles. The standard InChI is InChI=1S/C10H10BrNO2/c1-14-10(13)4-2-3-8-5-6-12-9(11)7-8/h2-3,5-7H,4H2,1H3. The number of halogens is 1. The molecule has 14 heavy (non-hydrogen) atoms. The Labute approximate surface area is 90.9 Å². The van der Waals surface area contributed by atoms with Crippen molar-refractivity contribution in [1.29, 1.82) is 0 Å². The van der Waals surface area contributed by atoms with E-state index in [1.54, 1.807) is 12.3 Å². The van der Waals surface area contributed by atoms with Gasteiger partial charge in [-0.2, -0.15) is 0 Å². The van der Waals surface area contributed by atoms with E-state index >= 15 is 0 Å². The van der Waals surface area contributed by atoms with Crippen LogP contribution in [0.25, 0.3) is 6.08 Å². The van der Waals surface area contributed by atoms with Crippen molar-refractivity contribution in [2.45, 2.75) is 6.42 Å². The second kappa shape index (κ2) is 5.54. The number of methoxy groups -OCH3 is 1. The molecule has 1 rings (SSSR count). The van der Waals surface area contributed by atoms with Crippen LogP contribution in [0.4, 0.5) is 0 Å². The van der Waals surface area contributed by atoms with Crippen molar-refractivity contribution in [3.05, 3.63) is 34.6 Å². The minimum atomic E-state index is -0.241. The number of rotatable bonds is 3. The Bertz CT molecular complexity index is 350. The molecule has 0 unspecified atom stereocenters. The highest BCUT2D eigenvalue weighted by atomic mass is 79.9. The van der Waals surface area contributed by atoms with Gasteiger partial charge in [0.2, 0.25) is 0 Å². The first-order valence-electron chi connectivity index (χ1n) is 4.07. The molecule has 0 saturated heterocycles. The van der Waals surface area contributed by atoms with Gasteiger partial charge in [-0.1, -0.05) is 12.2 Å². The molecule has 3 nitrogen and oxygen atoms in total. The van der Waals surface area contributed by atoms with Crippen molar-refractivity contribution < 1.29 is 9.53 Å². The predicted molar refractivity (Wildman–Crippen MR) is 57.6 cm³/mol. The smallest absolute Gasteiger partial charge is 0.309 e. The van der Waals surface area contributed by atoms with Crippen LogP contribution in [0, 0.1) is 0 Å². The molecule has 0 aromatic carbocycles. The van der Waals surface area contributed by atoms with E-state index in [4.69, 9.17) is 0 Å². The first-order chi connectivity index (χ1) is 6.72. The summed E-state index contributed by atoms with van der Waals surface area (Å²) in [5, 5.41) is 0. The van der Waals surface area contributed by atoms with E-state index < -0.39 is 0 Å². The predicted octanol–water partition coefficient (Wildman–Crippen LogP) is 2.42. The summed E-state index contributed by atoms with van der Waals surface area (Å²) in [6.45, 7) is 0. The zero-order valence-corrected chi connectivity index (χ0v) is 9.32. The fourth-order valence-electron chi connectivity index (χ4n) is 0.896. The van der Waals surface area contributed by atoms with Crippen LogP contribution in [0.1, 0.15) is 12.0 Å². The van der Waals surface area contributed by atoms with Crippen molar-refractivity contribution in [1.82, 2.24) is 4.98 Å². The Balaban J connectivity index is 2.56. The number of nitrogens with zero attached hydrogens (tertiary/aromatic N) is 1. The quantitative estimate of drug-likeness (QED) is 0.615. The molecule has 0 atom stereocenters. The number of pyridine rings is 1. The Morgan fingerprint density at radius 2 is 2.50 bits per heavy atom. The number of aromatic nitrogens is 1. The van der Waals surface area contributed by atoms with Gasteiger partial charge in [-0.05, 0) is 33.6 Å². The monoisotopic (exact) mass is 255 g/mol. The van der Waals surface area contributed by atoms with Gasteiger partial charge in [0.15, 0.2) is 0 Å². The van der Waals surface area contributed by atoms with Gasteiger partial charge in [0.05, 0.1) is 13.5 Å². The summed E-state index contributed by atoms with van der Waals surface area (Å²) < 4.78 is 5.28. The molecule has 4 heteroatoms. The fraction of sp³-hybridized carbons (Fsp3) is 0.200. The molecule has 0 aliphatic heterocycles. The second-order valence-corrected chi connectivity index (χ2v) is 3.41. The van der Waals surface area contributed by atoms with Crippen LogP contribution in [0.5, 0.6) is 0 Å². The van der Waals surface area contributed by atoms with Crippen LogP contribution in [0.2, 0.25) is 0 Å². The third-order valence-electron chi connectivity index (χ3n) is 1.57. The average Bonchev–Trinajstić information content (AvgIpc) is 2.17. The van der Waals surface area contributed by atoms with Crippen molar-refractivity contribution in [2.24, 2.45) is 0 Å². The first-order valence-corrected chi connectivity index (χ1v) is 4.86. The Morgan fingerprint density at radius 3 is 3.14 bits per heavy atom. The molecule has 0 aliphatic rings. The molecule has 1 heterocycles. The van der Waals surface area contributed by atoms with E-state index in [-0.39, 0.29) is 12.4 Å². The zero-order valence-electron chi connectivity index (χ0n) is 7.74. The van der Waals surface area contributed by atoms with Crippen LogP contribution in [0.15, 0.2) is 29.0 Å². The van der Waals surface area contributed by atoms with Crippen LogP contribution in [0.3, 0.4) is 0 Å². The van der Waals surface area contributed by atoms with Gasteiger partial charge in [0.25, 0.3) is 0 Å². The van der Waals surface area contributed by atoms with Gasteiger partial charge in [-0.15, -0.1) is 0 Å². The van der Waals surface area contributed by atoms with Crippen LogP contribution >= 0.6 is 15.9 Å². The van der Waals surface area contributed by atoms with E-state index in [1.165, 1.54) is 7.11 Å². The van der Waals surface area contributed by atoms with Gasteiger partial charge in [-0.3, -0.25) is 4.79 Å². The molecule has 0 spiro atoms. The number of hydrogen-bond donors (Lipinski definition) is 0. The number of carbonyl (C=O) groups excluding carboxylic acids is 1. The van der Waals surface area contributed by atoms with Crippen LogP contribution in [-0.4, -0.2) is 18.1 Å². The summed E-state index contributed by atoms with van der Waals surface area (Å²) in [5.74, 6) is -0.241. The summed E-state index contributed by atoms with van der Waals surface area (Å²) >= 11 is 3.26. The van der Waals surface area contributed by atoms with E-state index in [1.807, 2.05) is 18.2 Å². The van der Waals surface area contributed by atoms with Crippen LogP contribution in [-0.2, 0) is 9.53 Å². The van der Waals surface area contributed by atoms with Gasteiger partial charge in [0.1, 0.15) is 4.60 Å². The van der Waals surface area contributed by atoms with Gasteiger partial charge >= 0.3 is 5.97 Å². The van der Waals surface area contributed by atoms with Gasteiger partial charge < -0.3 is 4.74 Å². The molecule has 0 radical (unpaired) electrons. The Morgan fingerprint density at radius 1 is 1.71 bits per heavy atom. The second-order valence-electron chi connectivity index (χ2n) is 2.59. The maximum Gasteiger partial charge on any atom is 0.309 e. The summed E-state index contributed by atoms with van der Waals surface area (Å²) in [4.78, 5) is 14.8. The third-order valence-corrected chi connectivity index (χ3v) is 2.01. The van der Waals surface area contributed by atoms with Crippen molar-refractivity contribution in [3.8, 4) is 0 Å². The highest BCUT2D eigenvalue weighted by Crippen LogP contribution is 2.09. The summed E-state index contributed by atoms with van der Waals surface area (Å²) in [6.07, 6.45) is 5.59. The molecule has 74 valence electrons. The number of esters is 1. The van der Waals surface area contributed by atoms with Gasteiger partial charge in [-0.25, -0.2) is 4.98 Å². The van der Waals surface area contributed by atoms with E-state index in [0.717, 1.165) is 10.2 Å². The number of carbonyl (C=O) groups is 1. The normalized spacial score (nSPS) is 10.4. The minimum Gasteiger partial charge on any atom is -0.469 e. The molecular weight excluding hydrogens is 246 g/mol. The van der Waals surface area contributed by atoms with Gasteiger partial charge in [0, 0.05) is 6.20 Å². The maximum atomic E-state index is 10.8. The third kappa shape index (κ3) is 3.70. The SMILES string of the molecule is COC(=O)CC=Cc1ccnc(Br)c1. The van der Waals surface area contributed by atoms with Crippen molar-refractivity contribution in [3.63, 3.8) is 0 Å². The number of hydrogen-bond acceptors (Lipinski definition) is 3. The summed E-state index contributed by atoms with van der Waals surface area (Å²) in [6, 6.07) is 3.73. The lowest BCUT2D eigenvalue weighted by molar-refractivity contribution is -0.139. The molecule has 1 aromatic heterocycles. The maximum absolute atomic E-state index is 10.8. The highest BCUT2D eigenvalue weighted by molar-refractivity contribution is 9.10. The lowest BCUT2D eigenvalue weighted by atomic mass is 10.2. The first kappa shape index (κ1) is 10.9. The average molecular weight is 256 g/mol. The molecule has 1 aromatic rings. The molecule has 0 bridgehead atoms. The van der Waals surface area contributed by atoms with Crippen LogP contribution < -0.4 is 0 Å². The minimum absolute atomic E-state index is 0.241. The number of ether oxygens (including phenoxy) is 1. The lowest BCUT2D eigenvalue weighted by Gasteiger charge is -1.94. The topological polar surface area (TPSA) is 39.2 Å². The van der Waals surface area contributed by atoms with Crippen molar-refractivity contribution in [2.75, 3.05) is 7.11 Å². The lowest BCUT2D eigenvalue weighted by Crippen LogP contribution is -1.96. The molecule has 0 amide bonds. The largest absolute Gasteiger partial charge is 0.469 e. The molecule has 0 N–H and O–H groups in total. The zero-order chi connectivity index (χ0) is 10.4. The summed E-state index contributed by atoms with van der Waals surface area (Å²) in [5.41, 5.74) is 0.996. The molecule has 0 fully saturated rings. The Hall–Kier alpha value is -1.16. The van der Waals surface area contributed by atoms with Crippen molar-refractivity contribution >= 4 is 28.0 Å².